The molecule has 14 heavy (non-hydrogen) atoms. The molecule has 0 spiro atoms. The summed E-state index contributed by atoms with van der Waals surface area (Å²) in [5.74, 6) is -0.959. The molecule has 0 atom stereocenters. The van der Waals surface area contributed by atoms with Gasteiger partial charge in [-0.2, -0.15) is 0 Å². The predicted molar refractivity (Wildman–Crippen MR) is 56.4 cm³/mol. The van der Waals surface area contributed by atoms with Crippen molar-refractivity contribution >= 4 is 32.8 Å². The van der Waals surface area contributed by atoms with Crippen molar-refractivity contribution in [3.8, 4) is 0 Å². The largest absolute Gasteiger partial charge is 0.478 e. The monoisotopic (exact) mass is 251 g/mol. The van der Waals surface area contributed by atoms with Crippen LogP contribution in [0.15, 0.2) is 34.9 Å². The number of aromatic nitrogens is 1. The van der Waals surface area contributed by atoms with Crippen molar-refractivity contribution in [1.82, 2.24) is 4.98 Å². The van der Waals surface area contributed by atoms with Crippen LogP contribution >= 0.6 is 15.9 Å². The van der Waals surface area contributed by atoms with Crippen LogP contribution in [0.5, 0.6) is 0 Å². The number of rotatable bonds is 1. The molecule has 1 heterocycles. The maximum atomic E-state index is 10.7. The molecular formula is C10H6BrNO2. The Morgan fingerprint density at radius 2 is 2.21 bits per heavy atom. The highest BCUT2D eigenvalue weighted by molar-refractivity contribution is 9.10. The van der Waals surface area contributed by atoms with Gasteiger partial charge >= 0.3 is 5.97 Å². The number of aromatic carboxylic acids is 1. The summed E-state index contributed by atoms with van der Waals surface area (Å²) in [6.45, 7) is 0. The highest BCUT2D eigenvalue weighted by atomic mass is 79.9. The van der Waals surface area contributed by atoms with Crippen LogP contribution in [-0.4, -0.2) is 16.1 Å². The van der Waals surface area contributed by atoms with Gasteiger partial charge in [-0.1, -0.05) is 12.1 Å². The molecule has 0 saturated carbocycles. The maximum Gasteiger partial charge on any atom is 0.337 e. The summed E-state index contributed by atoms with van der Waals surface area (Å²) in [4.78, 5) is 14.8. The van der Waals surface area contributed by atoms with Gasteiger partial charge < -0.3 is 5.11 Å². The van der Waals surface area contributed by atoms with Crippen molar-refractivity contribution in [2.75, 3.05) is 0 Å². The van der Waals surface area contributed by atoms with Gasteiger partial charge in [-0.15, -0.1) is 0 Å². The SMILES string of the molecule is O=C(O)c1cnc2c(Br)cccc2c1. The molecule has 0 aliphatic rings. The fourth-order valence-corrected chi connectivity index (χ4v) is 1.72. The van der Waals surface area contributed by atoms with Crippen molar-refractivity contribution in [1.29, 1.82) is 0 Å². The number of carboxylic acids is 1. The molecule has 1 aromatic heterocycles. The smallest absolute Gasteiger partial charge is 0.337 e. The number of fused-ring (bicyclic) bond motifs is 1. The molecule has 0 radical (unpaired) electrons. The zero-order chi connectivity index (χ0) is 10.1. The lowest BCUT2D eigenvalue weighted by molar-refractivity contribution is 0.0696. The molecule has 4 heteroatoms. The van der Waals surface area contributed by atoms with Crippen LogP contribution < -0.4 is 0 Å². The van der Waals surface area contributed by atoms with Crippen molar-refractivity contribution in [3.63, 3.8) is 0 Å². The Labute approximate surface area is 88.5 Å². The fourth-order valence-electron chi connectivity index (χ4n) is 1.24. The number of benzene rings is 1. The lowest BCUT2D eigenvalue weighted by Gasteiger charge is -2.00. The van der Waals surface area contributed by atoms with Crippen LogP contribution in [0.25, 0.3) is 10.9 Å². The van der Waals surface area contributed by atoms with Gasteiger partial charge in [-0.25, -0.2) is 4.79 Å². The van der Waals surface area contributed by atoms with Gasteiger partial charge in [-0.3, -0.25) is 4.98 Å². The van der Waals surface area contributed by atoms with Gasteiger partial charge in [0.2, 0.25) is 0 Å². The van der Waals surface area contributed by atoms with Crippen molar-refractivity contribution in [2.45, 2.75) is 0 Å². The van der Waals surface area contributed by atoms with E-state index in [9.17, 15) is 4.79 Å². The van der Waals surface area contributed by atoms with E-state index >= 15 is 0 Å². The summed E-state index contributed by atoms with van der Waals surface area (Å²) < 4.78 is 0.868. The molecule has 0 amide bonds. The van der Waals surface area contributed by atoms with Gasteiger partial charge in [0.1, 0.15) is 0 Å². The maximum absolute atomic E-state index is 10.7. The third-order valence-electron chi connectivity index (χ3n) is 1.91. The Hall–Kier alpha value is -1.42. The first-order valence-corrected chi connectivity index (χ1v) is 4.75. The van der Waals surface area contributed by atoms with Crippen LogP contribution in [-0.2, 0) is 0 Å². The molecule has 0 unspecified atom stereocenters. The Bertz CT molecular complexity index is 510. The average molecular weight is 252 g/mol. The number of para-hydroxylation sites is 1. The van der Waals surface area contributed by atoms with Crippen LogP contribution in [0, 0.1) is 0 Å². The van der Waals surface area contributed by atoms with E-state index in [0.29, 0.717) is 0 Å². The topological polar surface area (TPSA) is 50.2 Å². The number of pyridine rings is 1. The Kier molecular flexibility index (Phi) is 2.21. The normalized spacial score (nSPS) is 10.4. The minimum atomic E-state index is -0.959. The van der Waals surface area contributed by atoms with Gasteiger partial charge in [0, 0.05) is 16.1 Å². The first kappa shape index (κ1) is 9.15. The molecule has 0 saturated heterocycles. The van der Waals surface area contributed by atoms with Gasteiger partial charge in [-0.05, 0) is 28.1 Å². The van der Waals surface area contributed by atoms with E-state index in [-0.39, 0.29) is 5.56 Å². The molecule has 0 aliphatic carbocycles. The summed E-state index contributed by atoms with van der Waals surface area (Å²) in [6.07, 6.45) is 1.36. The first-order valence-electron chi connectivity index (χ1n) is 3.96. The van der Waals surface area contributed by atoms with Crippen molar-refractivity contribution < 1.29 is 9.90 Å². The second kappa shape index (κ2) is 3.38. The van der Waals surface area contributed by atoms with E-state index in [1.54, 1.807) is 6.07 Å². The van der Waals surface area contributed by atoms with E-state index in [1.165, 1.54) is 6.20 Å². The number of carboxylic acid groups (broad SMARTS) is 1. The number of halogens is 1. The summed E-state index contributed by atoms with van der Waals surface area (Å²) in [5, 5.41) is 9.58. The van der Waals surface area contributed by atoms with Crippen LogP contribution in [0.4, 0.5) is 0 Å². The molecule has 70 valence electrons. The minimum absolute atomic E-state index is 0.204. The molecule has 0 bridgehead atoms. The van der Waals surface area contributed by atoms with Crippen LogP contribution in [0.3, 0.4) is 0 Å². The van der Waals surface area contributed by atoms with Gasteiger partial charge in [0.05, 0.1) is 11.1 Å². The van der Waals surface area contributed by atoms with Gasteiger partial charge in [0.15, 0.2) is 0 Å². The fraction of sp³-hybridized carbons (Fsp3) is 0. The zero-order valence-electron chi connectivity index (χ0n) is 7.07. The standard InChI is InChI=1S/C10H6BrNO2/c11-8-3-1-2-6-4-7(10(13)14)5-12-9(6)8/h1-5H,(H,13,14). The number of hydrogen-bond donors (Lipinski definition) is 1. The molecular weight excluding hydrogens is 246 g/mol. The minimum Gasteiger partial charge on any atom is -0.478 e. The zero-order valence-corrected chi connectivity index (χ0v) is 8.65. The predicted octanol–water partition coefficient (Wildman–Crippen LogP) is 2.70. The lowest BCUT2D eigenvalue weighted by Crippen LogP contribution is -1.96. The van der Waals surface area contributed by atoms with E-state index < -0.39 is 5.97 Å². The second-order valence-electron chi connectivity index (χ2n) is 2.84. The highest BCUT2D eigenvalue weighted by Crippen LogP contribution is 2.22. The second-order valence-corrected chi connectivity index (χ2v) is 3.70. The molecule has 0 fully saturated rings. The van der Waals surface area contributed by atoms with E-state index in [4.69, 9.17) is 5.11 Å². The Morgan fingerprint density at radius 3 is 2.93 bits per heavy atom. The summed E-state index contributed by atoms with van der Waals surface area (Å²) >= 11 is 3.35. The number of carbonyl (C=O) groups is 1. The summed E-state index contributed by atoms with van der Waals surface area (Å²) in [6, 6.07) is 7.16. The quantitative estimate of drug-likeness (QED) is 0.848. The third-order valence-corrected chi connectivity index (χ3v) is 2.55. The van der Waals surface area contributed by atoms with Gasteiger partial charge in [0.25, 0.3) is 0 Å². The molecule has 3 nitrogen and oxygen atoms in total. The third kappa shape index (κ3) is 1.48. The number of nitrogens with zero attached hydrogens (tertiary/aromatic N) is 1. The average Bonchev–Trinajstić information content (AvgIpc) is 2.17. The Balaban J connectivity index is 2.73. The molecule has 1 aromatic carbocycles. The number of hydrogen-bond acceptors (Lipinski definition) is 2. The summed E-state index contributed by atoms with van der Waals surface area (Å²) in [7, 11) is 0. The van der Waals surface area contributed by atoms with Crippen molar-refractivity contribution in [3.05, 3.63) is 40.5 Å². The summed E-state index contributed by atoms with van der Waals surface area (Å²) in [5.41, 5.74) is 0.980. The van der Waals surface area contributed by atoms with E-state index in [1.807, 2.05) is 18.2 Å². The van der Waals surface area contributed by atoms with E-state index in [0.717, 1.165) is 15.4 Å². The molecule has 2 aromatic rings. The lowest BCUT2D eigenvalue weighted by atomic mass is 10.2. The highest BCUT2D eigenvalue weighted by Gasteiger charge is 2.05. The molecule has 0 aliphatic heterocycles. The van der Waals surface area contributed by atoms with Crippen LogP contribution in [0.1, 0.15) is 10.4 Å². The molecule has 2 rings (SSSR count). The van der Waals surface area contributed by atoms with Crippen LogP contribution in [0.2, 0.25) is 0 Å². The van der Waals surface area contributed by atoms with E-state index in [2.05, 4.69) is 20.9 Å². The Morgan fingerprint density at radius 1 is 1.43 bits per heavy atom. The van der Waals surface area contributed by atoms with Crippen molar-refractivity contribution in [2.24, 2.45) is 0 Å². The molecule has 1 N–H and O–H groups in total. The first-order chi connectivity index (χ1) is 6.68.